The summed E-state index contributed by atoms with van der Waals surface area (Å²) in [6.07, 6.45) is 1.38. The Labute approximate surface area is 75.5 Å². The highest BCUT2D eigenvalue weighted by atomic mass is 79.9. The Bertz CT molecular complexity index is 295. The zero-order chi connectivity index (χ0) is 7.84. The average Bonchev–Trinajstić information content (AvgIpc) is 2.74. The zero-order valence-corrected chi connectivity index (χ0v) is 7.81. The van der Waals surface area contributed by atoms with E-state index in [1.165, 1.54) is 11.3 Å². The van der Waals surface area contributed by atoms with Crippen molar-refractivity contribution in [3.8, 4) is 0 Å². The molecule has 1 aliphatic rings. The molecule has 0 aromatic carbocycles. The molecule has 11 heavy (non-hydrogen) atoms. The lowest BCUT2D eigenvalue weighted by Gasteiger charge is -1.85. The van der Waals surface area contributed by atoms with Gasteiger partial charge in [0.1, 0.15) is 6.10 Å². The minimum absolute atomic E-state index is 0.0493. The highest BCUT2D eigenvalue weighted by molar-refractivity contribution is 9.11. The topological polar surface area (TPSA) is 42.5 Å². The van der Waals surface area contributed by atoms with Crippen molar-refractivity contribution < 1.29 is 9.53 Å². The molecule has 0 amide bonds. The molecule has 58 valence electrons. The van der Waals surface area contributed by atoms with Crippen LogP contribution in [0.1, 0.15) is 9.67 Å². The molecule has 1 aliphatic heterocycles. The number of carbonyl (C=O) groups excluding carboxylic acids is 1. The standard InChI is InChI=1S/C6H4BrNO2S/c7-6-8-1-4(11-6)5(9)3-2-10-3/h1,3H,2H2. The number of epoxide rings is 1. The van der Waals surface area contributed by atoms with Crippen molar-refractivity contribution in [2.24, 2.45) is 0 Å². The van der Waals surface area contributed by atoms with Crippen LogP contribution in [-0.2, 0) is 4.74 Å². The van der Waals surface area contributed by atoms with Crippen molar-refractivity contribution in [3.05, 3.63) is 15.0 Å². The molecule has 1 aromatic heterocycles. The number of nitrogens with zero attached hydrogens (tertiary/aromatic N) is 1. The number of ketones is 1. The van der Waals surface area contributed by atoms with Crippen molar-refractivity contribution in [1.29, 1.82) is 0 Å². The Morgan fingerprint density at radius 3 is 3.09 bits per heavy atom. The van der Waals surface area contributed by atoms with E-state index in [2.05, 4.69) is 20.9 Å². The van der Waals surface area contributed by atoms with E-state index in [-0.39, 0.29) is 11.9 Å². The highest BCUT2D eigenvalue weighted by Crippen LogP contribution is 2.23. The van der Waals surface area contributed by atoms with Gasteiger partial charge >= 0.3 is 0 Å². The first-order valence-electron chi connectivity index (χ1n) is 3.04. The molecule has 1 aromatic rings. The third-order valence-corrected chi connectivity index (χ3v) is 2.84. The fourth-order valence-corrected chi connectivity index (χ4v) is 1.97. The van der Waals surface area contributed by atoms with Gasteiger partial charge in [-0.05, 0) is 15.9 Å². The van der Waals surface area contributed by atoms with Crippen LogP contribution in [0, 0.1) is 0 Å². The van der Waals surface area contributed by atoms with E-state index in [4.69, 9.17) is 4.74 Å². The van der Waals surface area contributed by atoms with Crippen molar-refractivity contribution in [3.63, 3.8) is 0 Å². The summed E-state index contributed by atoms with van der Waals surface area (Å²) in [5, 5.41) is 0. The number of hydrogen-bond donors (Lipinski definition) is 0. The van der Waals surface area contributed by atoms with Crippen molar-refractivity contribution in [1.82, 2.24) is 4.98 Å². The number of Topliss-reactive ketones (excluding diaryl/α,β-unsaturated/α-hetero) is 1. The van der Waals surface area contributed by atoms with Crippen LogP contribution < -0.4 is 0 Å². The van der Waals surface area contributed by atoms with Gasteiger partial charge in [0, 0.05) is 0 Å². The molecule has 1 atom stereocenters. The van der Waals surface area contributed by atoms with Crippen LogP contribution in [-0.4, -0.2) is 23.5 Å². The molecule has 1 fully saturated rings. The maximum atomic E-state index is 11.2. The molecule has 2 heterocycles. The molecular formula is C6H4BrNO2S. The smallest absolute Gasteiger partial charge is 0.205 e. The largest absolute Gasteiger partial charge is 0.364 e. The molecule has 0 radical (unpaired) electrons. The molecule has 0 N–H and O–H groups in total. The summed E-state index contributed by atoms with van der Waals surface area (Å²) in [6, 6.07) is 0. The number of aromatic nitrogens is 1. The van der Waals surface area contributed by atoms with Crippen molar-refractivity contribution in [2.45, 2.75) is 6.10 Å². The summed E-state index contributed by atoms with van der Waals surface area (Å²) in [6.45, 7) is 0.564. The lowest BCUT2D eigenvalue weighted by molar-refractivity contribution is 0.0957. The molecular weight excluding hydrogens is 230 g/mol. The van der Waals surface area contributed by atoms with Gasteiger partial charge in [-0.15, -0.1) is 11.3 Å². The summed E-state index contributed by atoms with van der Waals surface area (Å²) < 4.78 is 5.59. The van der Waals surface area contributed by atoms with Crippen molar-refractivity contribution in [2.75, 3.05) is 6.61 Å². The van der Waals surface area contributed by atoms with Gasteiger partial charge in [-0.25, -0.2) is 4.98 Å². The summed E-state index contributed by atoms with van der Waals surface area (Å²) in [5.41, 5.74) is 0. The summed E-state index contributed by atoms with van der Waals surface area (Å²) in [7, 11) is 0. The quantitative estimate of drug-likeness (QED) is 0.575. The van der Waals surface area contributed by atoms with Gasteiger partial charge in [0.25, 0.3) is 0 Å². The summed E-state index contributed by atoms with van der Waals surface area (Å²) in [4.78, 5) is 15.8. The molecule has 2 rings (SSSR count). The predicted octanol–water partition coefficient (Wildman–Crippen LogP) is 1.49. The number of thiazole rings is 1. The van der Waals surface area contributed by atoms with E-state index >= 15 is 0 Å². The molecule has 1 unspecified atom stereocenters. The van der Waals surface area contributed by atoms with E-state index in [0.29, 0.717) is 11.5 Å². The van der Waals surface area contributed by atoms with Crippen LogP contribution in [0.15, 0.2) is 10.1 Å². The van der Waals surface area contributed by atoms with Crippen LogP contribution >= 0.6 is 27.3 Å². The van der Waals surface area contributed by atoms with Gasteiger partial charge in [-0.3, -0.25) is 4.79 Å². The summed E-state index contributed by atoms with van der Waals surface area (Å²) in [5.74, 6) is 0.0493. The van der Waals surface area contributed by atoms with E-state index in [1.807, 2.05) is 0 Å². The lowest BCUT2D eigenvalue weighted by atomic mass is 10.3. The summed E-state index contributed by atoms with van der Waals surface area (Å²) >= 11 is 4.52. The van der Waals surface area contributed by atoms with E-state index in [0.717, 1.165) is 3.92 Å². The molecule has 0 aliphatic carbocycles. The molecule has 0 saturated carbocycles. The van der Waals surface area contributed by atoms with E-state index in [1.54, 1.807) is 6.20 Å². The molecule has 5 heteroatoms. The first kappa shape index (κ1) is 7.39. The minimum Gasteiger partial charge on any atom is -0.364 e. The molecule has 3 nitrogen and oxygen atoms in total. The van der Waals surface area contributed by atoms with E-state index < -0.39 is 0 Å². The zero-order valence-electron chi connectivity index (χ0n) is 5.41. The number of ether oxygens (including phenoxy) is 1. The SMILES string of the molecule is O=C(c1cnc(Br)s1)C1CO1. The minimum atomic E-state index is -0.192. The Morgan fingerprint density at radius 1 is 1.91 bits per heavy atom. The third-order valence-electron chi connectivity index (χ3n) is 1.35. The van der Waals surface area contributed by atoms with E-state index in [9.17, 15) is 4.79 Å². The van der Waals surface area contributed by atoms with Gasteiger partial charge in [-0.2, -0.15) is 0 Å². The molecule has 0 bridgehead atoms. The highest BCUT2D eigenvalue weighted by Gasteiger charge is 2.33. The van der Waals surface area contributed by atoms with Gasteiger partial charge < -0.3 is 4.74 Å². The van der Waals surface area contributed by atoms with Gasteiger partial charge in [0.15, 0.2) is 3.92 Å². The van der Waals surface area contributed by atoms with Gasteiger partial charge in [0.2, 0.25) is 5.78 Å². The Balaban J connectivity index is 2.21. The Kier molecular flexibility index (Phi) is 1.78. The van der Waals surface area contributed by atoms with Crippen LogP contribution in [0.3, 0.4) is 0 Å². The fraction of sp³-hybridized carbons (Fsp3) is 0.333. The van der Waals surface area contributed by atoms with Crippen LogP contribution in [0.5, 0.6) is 0 Å². The Hall–Kier alpha value is -0.260. The van der Waals surface area contributed by atoms with Crippen LogP contribution in [0.4, 0.5) is 0 Å². The second-order valence-electron chi connectivity index (χ2n) is 2.16. The van der Waals surface area contributed by atoms with Crippen LogP contribution in [0.25, 0.3) is 0 Å². The number of rotatable bonds is 2. The maximum absolute atomic E-state index is 11.2. The second kappa shape index (κ2) is 2.66. The Morgan fingerprint density at radius 2 is 2.64 bits per heavy atom. The lowest BCUT2D eigenvalue weighted by Crippen LogP contribution is -2.03. The monoisotopic (exact) mass is 233 g/mol. The third kappa shape index (κ3) is 1.50. The maximum Gasteiger partial charge on any atom is 0.205 e. The predicted molar refractivity (Wildman–Crippen MR) is 43.9 cm³/mol. The van der Waals surface area contributed by atoms with Gasteiger partial charge in [-0.1, -0.05) is 0 Å². The molecule has 1 saturated heterocycles. The fourth-order valence-electron chi connectivity index (χ4n) is 0.725. The first-order chi connectivity index (χ1) is 5.27. The van der Waals surface area contributed by atoms with Gasteiger partial charge in [0.05, 0.1) is 17.7 Å². The van der Waals surface area contributed by atoms with Crippen molar-refractivity contribution >= 4 is 33.0 Å². The number of hydrogen-bond acceptors (Lipinski definition) is 4. The van der Waals surface area contributed by atoms with Crippen LogP contribution in [0.2, 0.25) is 0 Å². The number of carbonyl (C=O) groups is 1. The number of halogens is 1. The molecule has 0 spiro atoms. The normalized spacial score (nSPS) is 21.7. The average molecular weight is 234 g/mol. The second-order valence-corrected chi connectivity index (χ2v) is 4.47. The first-order valence-corrected chi connectivity index (χ1v) is 4.65.